The van der Waals surface area contributed by atoms with Crippen LogP contribution in [0.1, 0.15) is 52.4 Å². The molecule has 0 bridgehead atoms. The van der Waals surface area contributed by atoms with Crippen LogP contribution in [0.25, 0.3) is 0 Å². The molecular weight excluding hydrogens is 410 g/mol. The summed E-state index contributed by atoms with van der Waals surface area (Å²) in [5.74, 6) is 0. The molecule has 0 heterocycles. The van der Waals surface area contributed by atoms with E-state index in [1.165, 1.54) is 0 Å². The molecular formula is C10H20Br2ClO4P. The van der Waals surface area contributed by atoms with E-state index in [-0.39, 0.29) is 0 Å². The Morgan fingerprint density at radius 3 is 1.72 bits per heavy atom. The molecule has 0 aliphatic heterocycles. The Bertz CT molecular complexity index is 238. The summed E-state index contributed by atoms with van der Waals surface area (Å²) in [5, 5.41) is -0.791. The summed E-state index contributed by atoms with van der Waals surface area (Å²) in [4.78, 5) is 0. The molecule has 0 saturated carbocycles. The number of halogens is 3. The van der Waals surface area contributed by atoms with Gasteiger partial charge in [-0.1, -0.05) is 71.4 Å². The predicted octanol–water partition coefficient (Wildman–Crippen LogP) is 6.12. The van der Waals surface area contributed by atoms with Crippen molar-refractivity contribution >= 4 is 51.5 Å². The molecule has 0 radical (unpaired) electrons. The fourth-order valence-corrected chi connectivity index (χ4v) is 4.13. The number of alkyl halides is 2. The normalized spacial score (nSPS) is 18.3. The van der Waals surface area contributed by atoms with E-state index < -0.39 is 17.8 Å². The average molecular weight is 431 g/mol. The highest BCUT2D eigenvalue weighted by molar-refractivity contribution is 9.09. The van der Waals surface area contributed by atoms with Gasteiger partial charge in [0.25, 0.3) is 0 Å². The molecule has 2 unspecified atom stereocenters. The van der Waals surface area contributed by atoms with Gasteiger partial charge in [0, 0.05) is 0 Å². The third kappa shape index (κ3) is 9.29. The minimum atomic E-state index is -3.72. The van der Waals surface area contributed by atoms with Gasteiger partial charge in [0.1, 0.15) is 10.0 Å². The molecule has 0 saturated heterocycles. The zero-order valence-corrected chi connectivity index (χ0v) is 15.4. The summed E-state index contributed by atoms with van der Waals surface area (Å²) < 4.78 is 26.8. The third-order valence-electron chi connectivity index (χ3n) is 2.14. The van der Waals surface area contributed by atoms with Crippen LogP contribution < -0.4 is 0 Å². The highest BCUT2D eigenvalue weighted by Crippen LogP contribution is 2.55. The number of hydrogen-bond donors (Lipinski definition) is 0. The van der Waals surface area contributed by atoms with Crippen molar-refractivity contribution in [2.24, 2.45) is 0 Å². The quantitative estimate of drug-likeness (QED) is 0.293. The molecule has 0 amide bonds. The smallest absolute Gasteiger partial charge is 0.271 e. The van der Waals surface area contributed by atoms with Crippen LogP contribution in [-0.4, -0.2) is 10.0 Å². The van der Waals surface area contributed by atoms with Crippen molar-refractivity contribution in [2.75, 3.05) is 0 Å². The number of hydrogen-bond acceptors (Lipinski definition) is 4. The van der Waals surface area contributed by atoms with Gasteiger partial charge in [0.05, 0.1) is 11.9 Å². The maximum absolute atomic E-state index is 12.1. The fraction of sp³-hybridized carbons (Fsp3) is 1.00. The number of phosphoric ester groups is 1. The second-order valence-corrected chi connectivity index (χ2v) is 7.74. The van der Waals surface area contributed by atoms with Crippen molar-refractivity contribution in [2.45, 2.75) is 62.4 Å². The van der Waals surface area contributed by atoms with Crippen molar-refractivity contribution in [1.82, 2.24) is 0 Å². The molecule has 4 nitrogen and oxygen atoms in total. The van der Waals surface area contributed by atoms with Crippen LogP contribution in [0, 0.1) is 0 Å². The fourth-order valence-electron chi connectivity index (χ4n) is 1.17. The highest BCUT2D eigenvalue weighted by atomic mass is 79.9. The third-order valence-corrected chi connectivity index (χ3v) is 5.71. The number of phosphoric acid groups is 1. The first-order chi connectivity index (χ1) is 8.47. The Morgan fingerprint density at radius 2 is 1.44 bits per heavy atom. The monoisotopic (exact) mass is 428 g/mol. The zero-order valence-electron chi connectivity index (χ0n) is 10.6. The molecule has 0 rings (SSSR count). The molecule has 0 aromatic rings. The highest BCUT2D eigenvalue weighted by Gasteiger charge is 2.32. The van der Waals surface area contributed by atoms with Gasteiger partial charge in [-0.25, -0.2) is 4.57 Å². The second kappa shape index (κ2) is 11.1. The van der Waals surface area contributed by atoms with Crippen LogP contribution in [0.4, 0.5) is 0 Å². The van der Waals surface area contributed by atoms with Crippen LogP contribution in [0.2, 0.25) is 0 Å². The van der Waals surface area contributed by atoms with Crippen LogP contribution >= 0.6 is 51.5 Å². The molecule has 0 aliphatic carbocycles. The maximum atomic E-state index is 12.1. The van der Waals surface area contributed by atoms with E-state index in [2.05, 4.69) is 49.8 Å². The summed E-state index contributed by atoms with van der Waals surface area (Å²) in [5.41, 5.74) is 0. The van der Waals surface area contributed by atoms with Crippen LogP contribution in [-0.2, 0) is 17.7 Å². The Balaban J connectivity index is 4.20. The van der Waals surface area contributed by atoms with E-state index in [0.29, 0.717) is 12.8 Å². The molecule has 110 valence electrons. The van der Waals surface area contributed by atoms with Gasteiger partial charge >= 0.3 is 7.82 Å². The molecule has 0 aromatic carbocycles. The van der Waals surface area contributed by atoms with Crippen LogP contribution in [0.3, 0.4) is 0 Å². The van der Waals surface area contributed by atoms with Crippen molar-refractivity contribution < 1.29 is 17.7 Å². The summed E-state index contributed by atoms with van der Waals surface area (Å²) >= 11 is 11.7. The van der Waals surface area contributed by atoms with Gasteiger partial charge < -0.3 is 0 Å². The molecule has 0 N–H and O–H groups in total. The van der Waals surface area contributed by atoms with E-state index in [0.717, 1.165) is 25.7 Å². The zero-order chi connectivity index (χ0) is 14.0. The molecule has 0 spiro atoms. The molecule has 2 atom stereocenters. The van der Waals surface area contributed by atoms with Crippen LogP contribution in [0.15, 0.2) is 0 Å². The molecule has 0 aliphatic rings. The summed E-state index contributed by atoms with van der Waals surface area (Å²) in [6.07, 6.45) is 5.38. The standard InChI is InChI=1S/C10H20Br2ClO4P/c1-3-5-7-9(11)15-18(14,17-13)16-10(12)8-6-4-2/h9-10H,3-8H2,1-2H3. The van der Waals surface area contributed by atoms with Gasteiger partial charge in [-0.05, 0) is 12.8 Å². The Morgan fingerprint density at radius 1 is 1.06 bits per heavy atom. The van der Waals surface area contributed by atoms with Gasteiger partial charge in [-0.2, -0.15) is 4.08 Å². The topological polar surface area (TPSA) is 44.8 Å². The van der Waals surface area contributed by atoms with E-state index in [1.807, 2.05) is 0 Å². The Labute approximate surface area is 131 Å². The summed E-state index contributed by atoms with van der Waals surface area (Å²) in [6.45, 7) is 4.13. The molecule has 8 heteroatoms. The van der Waals surface area contributed by atoms with E-state index in [9.17, 15) is 4.57 Å². The lowest BCUT2D eigenvalue weighted by Gasteiger charge is -2.20. The second-order valence-electron chi connectivity index (χ2n) is 3.83. The molecule has 18 heavy (non-hydrogen) atoms. The van der Waals surface area contributed by atoms with Gasteiger partial charge in [0.15, 0.2) is 0 Å². The largest absolute Gasteiger partial charge is 0.493 e. The van der Waals surface area contributed by atoms with Gasteiger partial charge in [-0.3, -0.25) is 9.05 Å². The Kier molecular flexibility index (Phi) is 11.9. The van der Waals surface area contributed by atoms with E-state index in [4.69, 9.17) is 20.9 Å². The van der Waals surface area contributed by atoms with Crippen molar-refractivity contribution in [3.05, 3.63) is 0 Å². The summed E-state index contributed by atoms with van der Waals surface area (Å²) in [6, 6.07) is 0. The van der Waals surface area contributed by atoms with E-state index in [1.54, 1.807) is 0 Å². The average Bonchev–Trinajstić information content (AvgIpc) is 2.33. The minimum Gasteiger partial charge on any atom is -0.271 e. The first-order valence-corrected chi connectivity index (χ1v) is 9.62. The van der Waals surface area contributed by atoms with E-state index >= 15 is 0 Å². The van der Waals surface area contributed by atoms with Crippen molar-refractivity contribution in [3.8, 4) is 0 Å². The predicted molar refractivity (Wildman–Crippen MR) is 81.2 cm³/mol. The first kappa shape index (κ1) is 19.4. The van der Waals surface area contributed by atoms with Gasteiger partial charge in [0.2, 0.25) is 0 Å². The van der Waals surface area contributed by atoms with Crippen LogP contribution in [0.5, 0.6) is 0 Å². The maximum Gasteiger partial charge on any atom is 0.493 e. The lowest BCUT2D eigenvalue weighted by atomic mass is 10.3. The van der Waals surface area contributed by atoms with Crippen molar-refractivity contribution in [1.29, 1.82) is 0 Å². The lowest BCUT2D eigenvalue weighted by Crippen LogP contribution is -2.09. The Hall–Kier alpha value is 1.36. The molecule has 0 aromatic heterocycles. The minimum absolute atomic E-state index is 0.395. The SMILES string of the molecule is CCCCC(Br)OP(=O)(OCl)OC(Br)CCCC. The molecule has 0 fully saturated rings. The van der Waals surface area contributed by atoms with Gasteiger partial charge in [-0.15, -0.1) is 0 Å². The summed E-state index contributed by atoms with van der Waals surface area (Å²) in [7, 11) is -3.72. The number of unbranched alkanes of at least 4 members (excludes halogenated alkanes) is 2. The first-order valence-electron chi connectivity index (χ1n) is 6.02. The lowest BCUT2D eigenvalue weighted by molar-refractivity contribution is 0.135. The number of rotatable bonds is 11. The van der Waals surface area contributed by atoms with Crippen molar-refractivity contribution in [3.63, 3.8) is 0 Å².